The number of aromatic nitrogens is 1. The minimum Gasteiger partial charge on any atom is -0.384 e. The topological polar surface area (TPSA) is 28.2 Å². The maximum Gasteiger partial charge on any atom is 0.433 e. The van der Waals surface area contributed by atoms with E-state index < -0.39 is 11.9 Å². The van der Waals surface area contributed by atoms with E-state index in [2.05, 4.69) is 34.3 Å². The molecule has 0 atom stereocenters. The lowest BCUT2D eigenvalue weighted by Crippen LogP contribution is -2.25. The molecule has 2 aromatic carbocycles. The fraction of sp³-hybridized carbons (Fsp3) is 0.286. The van der Waals surface area contributed by atoms with E-state index in [0.717, 1.165) is 31.3 Å². The smallest absolute Gasteiger partial charge is 0.384 e. The van der Waals surface area contributed by atoms with Crippen molar-refractivity contribution in [3.8, 4) is 0 Å². The summed E-state index contributed by atoms with van der Waals surface area (Å²) in [7, 11) is 0. The van der Waals surface area contributed by atoms with Crippen LogP contribution in [0.2, 0.25) is 0 Å². The maximum atomic E-state index is 13.1. The normalized spacial score (nSPS) is 11.6. The van der Waals surface area contributed by atoms with Crippen LogP contribution in [0, 0.1) is 0 Å². The third kappa shape index (κ3) is 4.70. The molecule has 0 unspecified atom stereocenters. The molecule has 1 heterocycles. The Balaban J connectivity index is 1.69. The average molecular weight is 373 g/mol. The van der Waals surface area contributed by atoms with E-state index in [1.807, 2.05) is 18.2 Å². The molecule has 0 spiro atoms. The van der Waals surface area contributed by atoms with Crippen LogP contribution in [0.25, 0.3) is 10.9 Å². The number of fused-ring (bicyclic) bond motifs is 1. The molecule has 0 saturated heterocycles. The zero-order valence-electron chi connectivity index (χ0n) is 15.1. The number of anilines is 2. The summed E-state index contributed by atoms with van der Waals surface area (Å²) in [6, 6.07) is 18.1. The van der Waals surface area contributed by atoms with Crippen molar-refractivity contribution in [3.63, 3.8) is 0 Å². The van der Waals surface area contributed by atoms with Crippen LogP contribution in [0.1, 0.15) is 19.0 Å². The zero-order chi connectivity index (χ0) is 19.3. The lowest BCUT2D eigenvalue weighted by molar-refractivity contribution is -0.140. The molecule has 3 rings (SSSR count). The molecule has 0 radical (unpaired) electrons. The van der Waals surface area contributed by atoms with Gasteiger partial charge < -0.3 is 10.2 Å². The predicted molar refractivity (Wildman–Crippen MR) is 104 cm³/mol. The van der Waals surface area contributed by atoms with E-state index in [1.165, 1.54) is 0 Å². The molecular weight excluding hydrogens is 351 g/mol. The summed E-state index contributed by atoms with van der Waals surface area (Å²) in [5.41, 5.74) is 1.09. The van der Waals surface area contributed by atoms with Crippen LogP contribution >= 0.6 is 0 Å². The van der Waals surface area contributed by atoms with Crippen molar-refractivity contribution in [3.05, 3.63) is 66.4 Å². The largest absolute Gasteiger partial charge is 0.433 e. The molecule has 3 aromatic rings. The lowest BCUT2D eigenvalue weighted by Gasteiger charge is -2.23. The molecule has 0 bridgehead atoms. The number of rotatable bonds is 7. The summed E-state index contributed by atoms with van der Waals surface area (Å²) >= 11 is 0. The highest BCUT2D eigenvalue weighted by atomic mass is 19.4. The SMILES string of the molecule is CCN(CCCNc1cc(C(F)(F)F)nc2ccccc12)c1ccccc1. The highest BCUT2D eigenvalue weighted by Crippen LogP contribution is 2.33. The second-order valence-electron chi connectivity index (χ2n) is 6.27. The second kappa shape index (κ2) is 8.29. The van der Waals surface area contributed by atoms with Crippen LogP contribution in [0.4, 0.5) is 24.5 Å². The molecule has 27 heavy (non-hydrogen) atoms. The second-order valence-corrected chi connectivity index (χ2v) is 6.27. The first-order chi connectivity index (χ1) is 13.0. The van der Waals surface area contributed by atoms with Gasteiger partial charge >= 0.3 is 6.18 Å². The molecular formula is C21H22F3N3. The number of nitrogens with zero attached hydrogens (tertiary/aromatic N) is 2. The van der Waals surface area contributed by atoms with Gasteiger partial charge in [-0.2, -0.15) is 13.2 Å². The summed E-state index contributed by atoms with van der Waals surface area (Å²) in [5, 5.41) is 3.86. The van der Waals surface area contributed by atoms with Crippen LogP contribution < -0.4 is 10.2 Å². The predicted octanol–water partition coefficient (Wildman–Crippen LogP) is 5.58. The molecule has 1 aromatic heterocycles. The first-order valence-corrected chi connectivity index (χ1v) is 9.00. The fourth-order valence-corrected chi connectivity index (χ4v) is 3.07. The van der Waals surface area contributed by atoms with Crippen molar-refractivity contribution in [2.24, 2.45) is 0 Å². The van der Waals surface area contributed by atoms with E-state index >= 15 is 0 Å². The first kappa shape index (κ1) is 19.0. The van der Waals surface area contributed by atoms with Gasteiger partial charge in [0.25, 0.3) is 0 Å². The average Bonchev–Trinajstić information content (AvgIpc) is 2.67. The van der Waals surface area contributed by atoms with E-state index in [1.54, 1.807) is 24.3 Å². The molecule has 0 fully saturated rings. The molecule has 0 aliphatic carbocycles. The molecule has 0 amide bonds. The minimum absolute atomic E-state index is 0.342. The van der Waals surface area contributed by atoms with Gasteiger partial charge in [-0.25, -0.2) is 4.98 Å². The van der Waals surface area contributed by atoms with Crippen molar-refractivity contribution >= 4 is 22.3 Å². The molecule has 0 aliphatic rings. The lowest BCUT2D eigenvalue weighted by atomic mass is 10.1. The standard InChI is InChI=1S/C21H22F3N3/c1-2-27(16-9-4-3-5-10-16)14-8-13-25-19-15-20(21(22,23)24)26-18-12-7-6-11-17(18)19/h3-7,9-12,15H,2,8,13-14H2,1H3,(H,25,26). The van der Waals surface area contributed by atoms with Gasteiger partial charge in [-0.1, -0.05) is 36.4 Å². The van der Waals surface area contributed by atoms with Gasteiger partial charge in [0.15, 0.2) is 0 Å². The fourth-order valence-electron chi connectivity index (χ4n) is 3.07. The maximum absolute atomic E-state index is 13.1. The summed E-state index contributed by atoms with van der Waals surface area (Å²) in [6.07, 6.45) is -3.66. The van der Waals surface area contributed by atoms with Crippen LogP contribution in [-0.2, 0) is 6.18 Å². The Morgan fingerprint density at radius 1 is 1.00 bits per heavy atom. The summed E-state index contributed by atoms with van der Waals surface area (Å²) in [4.78, 5) is 5.99. The van der Waals surface area contributed by atoms with Gasteiger partial charge in [-0.15, -0.1) is 0 Å². The molecule has 1 N–H and O–H groups in total. The number of pyridine rings is 1. The van der Waals surface area contributed by atoms with E-state index in [9.17, 15) is 13.2 Å². The first-order valence-electron chi connectivity index (χ1n) is 9.00. The highest BCUT2D eigenvalue weighted by molar-refractivity contribution is 5.91. The monoisotopic (exact) mass is 373 g/mol. The molecule has 6 heteroatoms. The van der Waals surface area contributed by atoms with E-state index in [4.69, 9.17) is 0 Å². The van der Waals surface area contributed by atoms with Crippen molar-refractivity contribution in [2.45, 2.75) is 19.5 Å². The Morgan fingerprint density at radius 2 is 1.70 bits per heavy atom. The van der Waals surface area contributed by atoms with Crippen molar-refractivity contribution in [2.75, 3.05) is 29.9 Å². The minimum atomic E-state index is -4.47. The number of alkyl halides is 3. The Kier molecular flexibility index (Phi) is 5.84. The summed E-state index contributed by atoms with van der Waals surface area (Å²) < 4.78 is 39.4. The van der Waals surface area contributed by atoms with Gasteiger partial charge in [0.2, 0.25) is 0 Å². The number of hydrogen-bond donors (Lipinski definition) is 1. The van der Waals surface area contributed by atoms with Crippen LogP contribution in [-0.4, -0.2) is 24.6 Å². The number of benzene rings is 2. The van der Waals surface area contributed by atoms with Gasteiger partial charge in [-0.3, -0.25) is 0 Å². The van der Waals surface area contributed by atoms with Gasteiger partial charge in [0, 0.05) is 36.4 Å². The Bertz CT molecular complexity index is 879. The van der Waals surface area contributed by atoms with Gasteiger partial charge in [-0.05, 0) is 37.6 Å². The molecule has 0 saturated carbocycles. The third-order valence-corrected chi connectivity index (χ3v) is 4.43. The van der Waals surface area contributed by atoms with Crippen molar-refractivity contribution < 1.29 is 13.2 Å². The Hall–Kier alpha value is -2.76. The van der Waals surface area contributed by atoms with Crippen LogP contribution in [0.15, 0.2) is 60.7 Å². The van der Waals surface area contributed by atoms with Crippen LogP contribution in [0.5, 0.6) is 0 Å². The molecule has 3 nitrogen and oxygen atoms in total. The van der Waals surface area contributed by atoms with Crippen LogP contribution in [0.3, 0.4) is 0 Å². The number of hydrogen-bond acceptors (Lipinski definition) is 3. The molecule has 0 aliphatic heterocycles. The Labute approximate surface area is 156 Å². The Morgan fingerprint density at radius 3 is 2.41 bits per heavy atom. The van der Waals surface area contributed by atoms with E-state index in [-0.39, 0.29) is 0 Å². The van der Waals surface area contributed by atoms with E-state index in [0.29, 0.717) is 23.1 Å². The highest BCUT2D eigenvalue weighted by Gasteiger charge is 2.33. The number of para-hydroxylation sites is 2. The quantitative estimate of drug-likeness (QED) is 0.548. The summed E-state index contributed by atoms with van der Waals surface area (Å²) in [5.74, 6) is 0. The number of nitrogens with one attached hydrogen (secondary N) is 1. The molecule has 142 valence electrons. The van der Waals surface area contributed by atoms with Gasteiger partial charge in [0.05, 0.1) is 5.52 Å². The van der Waals surface area contributed by atoms with Crippen molar-refractivity contribution in [1.29, 1.82) is 0 Å². The third-order valence-electron chi connectivity index (χ3n) is 4.43. The van der Waals surface area contributed by atoms with Crippen molar-refractivity contribution in [1.82, 2.24) is 4.98 Å². The number of halogens is 3. The summed E-state index contributed by atoms with van der Waals surface area (Å²) in [6.45, 7) is 4.37. The van der Waals surface area contributed by atoms with Gasteiger partial charge in [0.1, 0.15) is 5.69 Å². The zero-order valence-corrected chi connectivity index (χ0v) is 15.1.